The minimum atomic E-state index is -5.06. The molecule has 10 heteroatoms. The highest BCUT2D eigenvalue weighted by Crippen LogP contribution is 2.20. The Morgan fingerprint density at radius 2 is 2.13 bits per heavy atom. The lowest BCUT2D eigenvalue weighted by Gasteiger charge is -2.07. The number of anilines is 1. The Kier molecular flexibility index (Phi) is 4.72. The van der Waals surface area contributed by atoms with E-state index in [2.05, 4.69) is 10.4 Å². The zero-order valence-electron chi connectivity index (χ0n) is 12.0. The van der Waals surface area contributed by atoms with Crippen molar-refractivity contribution in [3.05, 3.63) is 36.0 Å². The topological polar surface area (TPSA) is 89.2 Å². The third-order valence-electron chi connectivity index (χ3n) is 2.81. The second kappa shape index (κ2) is 6.55. The van der Waals surface area contributed by atoms with Crippen molar-refractivity contribution in [1.29, 1.82) is 0 Å². The zero-order chi connectivity index (χ0) is 17.0. The van der Waals surface area contributed by atoms with Gasteiger partial charge in [-0.3, -0.25) is 14.3 Å². The van der Waals surface area contributed by atoms with Crippen molar-refractivity contribution >= 4 is 17.5 Å². The van der Waals surface area contributed by atoms with Crippen molar-refractivity contribution in [3.63, 3.8) is 0 Å². The van der Waals surface area contributed by atoms with E-state index in [1.165, 1.54) is 10.9 Å². The Morgan fingerprint density at radius 1 is 1.39 bits per heavy atom. The number of rotatable bonds is 5. The Bertz CT molecular complexity index is 692. The average molecular weight is 330 g/mol. The number of furan rings is 1. The number of carbonyl (C=O) groups is 2. The maximum absolute atomic E-state index is 12.3. The van der Waals surface area contributed by atoms with Crippen LogP contribution in [0.2, 0.25) is 0 Å². The van der Waals surface area contributed by atoms with E-state index in [0.717, 1.165) is 6.20 Å². The van der Waals surface area contributed by atoms with Gasteiger partial charge in [-0.1, -0.05) is 0 Å². The van der Waals surface area contributed by atoms with Gasteiger partial charge in [0.25, 0.3) is 5.91 Å². The average Bonchev–Trinajstić information content (AvgIpc) is 3.13. The van der Waals surface area contributed by atoms with E-state index in [0.29, 0.717) is 12.3 Å². The first-order chi connectivity index (χ1) is 10.8. The largest absolute Gasteiger partial charge is 0.471 e. The lowest BCUT2D eigenvalue weighted by molar-refractivity contribution is -0.167. The first kappa shape index (κ1) is 16.6. The molecule has 2 heterocycles. The van der Waals surface area contributed by atoms with Gasteiger partial charge in [0.05, 0.1) is 18.5 Å². The van der Waals surface area contributed by atoms with Crippen LogP contribution in [-0.2, 0) is 17.9 Å². The molecular formula is C13H13F3N4O3. The molecule has 0 atom stereocenters. The molecule has 0 radical (unpaired) electrons. The maximum atomic E-state index is 12.3. The normalized spacial score (nSPS) is 11.3. The molecule has 2 rings (SSSR count). The fraction of sp³-hybridized carbons (Fsp3) is 0.308. The summed E-state index contributed by atoms with van der Waals surface area (Å²) in [7, 11) is 0. The molecule has 124 valence electrons. The summed E-state index contributed by atoms with van der Waals surface area (Å²) < 4.78 is 43.3. The first-order valence-corrected chi connectivity index (χ1v) is 6.57. The third-order valence-corrected chi connectivity index (χ3v) is 2.81. The Morgan fingerprint density at radius 3 is 2.70 bits per heavy atom. The van der Waals surface area contributed by atoms with Crippen molar-refractivity contribution in [2.24, 2.45) is 0 Å². The number of hydrogen-bond acceptors (Lipinski definition) is 4. The van der Waals surface area contributed by atoms with Crippen LogP contribution in [-0.4, -0.2) is 27.8 Å². The summed E-state index contributed by atoms with van der Waals surface area (Å²) >= 11 is 0. The van der Waals surface area contributed by atoms with Crippen LogP contribution in [0.5, 0.6) is 0 Å². The highest BCUT2D eigenvalue weighted by atomic mass is 19.4. The number of amides is 2. The molecule has 2 N–H and O–H groups in total. The molecule has 0 spiro atoms. The molecule has 0 saturated heterocycles. The summed E-state index contributed by atoms with van der Waals surface area (Å²) in [6.45, 7) is 2.05. The summed E-state index contributed by atoms with van der Waals surface area (Å²) in [5, 5.41) is 7.95. The summed E-state index contributed by atoms with van der Waals surface area (Å²) in [5.74, 6) is -2.44. The van der Waals surface area contributed by atoms with Gasteiger partial charge in [-0.05, 0) is 19.1 Å². The highest BCUT2D eigenvalue weighted by Gasteiger charge is 2.39. The second-order valence-electron chi connectivity index (χ2n) is 4.46. The molecule has 2 aromatic heterocycles. The van der Waals surface area contributed by atoms with Gasteiger partial charge in [0.15, 0.2) is 5.69 Å². The zero-order valence-corrected chi connectivity index (χ0v) is 12.0. The number of halogens is 3. The van der Waals surface area contributed by atoms with Crippen LogP contribution in [0, 0.1) is 0 Å². The second-order valence-corrected chi connectivity index (χ2v) is 4.46. The Hall–Kier alpha value is -2.78. The number of hydrogen-bond donors (Lipinski definition) is 2. The molecule has 0 aromatic carbocycles. The monoisotopic (exact) mass is 330 g/mol. The molecule has 2 aromatic rings. The summed E-state index contributed by atoms with van der Waals surface area (Å²) in [6, 6.07) is 3.25. The van der Waals surface area contributed by atoms with Crippen molar-refractivity contribution in [2.75, 3.05) is 5.32 Å². The molecule has 0 aliphatic heterocycles. The SMILES string of the molecule is CCn1cc(NC(=O)C(F)(F)F)c(C(=O)NCc2ccco2)n1. The van der Waals surface area contributed by atoms with Crippen LogP contribution < -0.4 is 10.6 Å². The number of nitrogens with one attached hydrogen (secondary N) is 2. The molecule has 0 unspecified atom stereocenters. The van der Waals surface area contributed by atoms with E-state index < -0.39 is 18.0 Å². The van der Waals surface area contributed by atoms with Gasteiger partial charge >= 0.3 is 12.1 Å². The van der Waals surface area contributed by atoms with Crippen LogP contribution in [0.25, 0.3) is 0 Å². The fourth-order valence-electron chi connectivity index (χ4n) is 1.70. The first-order valence-electron chi connectivity index (χ1n) is 6.57. The number of nitrogens with zero attached hydrogens (tertiary/aromatic N) is 2. The standard InChI is InChI=1S/C13H13F3N4O3/c1-2-20-7-9(18-12(22)13(14,15)16)10(19-20)11(21)17-6-8-4-3-5-23-8/h3-5,7H,2,6H2,1H3,(H,17,21)(H,18,22). The van der Waals surface area contributed by atoms with Gasteiger partial charge in [0, 0.05) is 12.7 Å². The van der Waals surface area contributed by atoms with Crippen LogP contribution >= 0.6 is 0 Å². The molecule has 0 aliphatic rings. The van der Waals surface area contributed by atoms with Gasteiger partial charge < -0.3 is 15.1 Å². The Labute approximate surface area is 128 Å². The molecule has 23 heavy (non-hydrogen) atoms. The smallest absolute Gasteiger partial charge is 0.467 e. The van der Waals surface area contributed by atoms with Gasteiger partial charge in [0.2, 0.25) is 0 Å². The van der Waals surface area contributed by atoms with E-state index >= 15 is 0 Å². The molecule has 0 aliphatic carbocycles. The minimum Gasteiger partial charge on any atom is -0.467 e. The predicted molar refractivity (Wildman–Crippen MR) is 72.5 cm³/mol. The number of alkyl halides is 3. The van der Waals surface area contributed by atoms with E-state index in [1.54, 1.807) is 24.4 Å². The summed E-state index contributed by atoms with van der Waals surface area (Å²) in [4.78, 5) is 23.1. The molecule has 7 nitrogen and oxygen atoms in total. The summed E-state index contributed by atoms with van der Waals surface area (Å²) in [5.41, 5.74) is -0.623. The van der Waals surface area contributed by atoms with Crippen LogP contribution in [0.3, 0.4) is 0 Å². The van der Waals surface area contributed by atoms with Gasteiger partial charge in [-0.15, -0.1) is 0 Å². The van der Waals surface area contributed by atoms with Crippen LogP contribution in [0.1, 0.15) is 23.2 Å². The highest BCUT2D eigenvalue weighted by molar-refractivity contribution is 6.03. The van der Waals surface area contributed by atoms with Crippen molar-refractivity contribution in [3.8, 4) is 0 Å². The number of aryl methyl sites for hydroxylation is 1. The minimum absolute atomic E-state index is 0.0392. The Balaban J connectivity index is 2.14. The number of aromatic nitrogens is 2. The van der Waals surface area contributed by atoms with Crippen molar-refractivity contribution < 1.29 is 27.2 Å². The van der Waals surface area contributed by atoms with Gasteiger partial charge in [-0.25, -0.2) is 0 Å². The molecule has 0 fully saturated rings. The predicted octanol–water partition coefficient (Wildman–Crippen LogP) is 1.93. The molecule has 2 amide bonds. The number of carbonyl (C=O) groups excluding carboxylic acids is 2. The van der Waals surface area contributed by atoms with Gasteiger partial charge in [-0.2, -0.15) is 18.3 Å². The van der Waals surface area contributed by atoms with Crippen molar-refractivity contribution in [1.82, 2.24) is 15.1 Å². The van der Waals surface area contributed by atoms with E-state index in [1.807, 2.05) is 0 Å². The van der Waals surface area contributed by atoms with Gasteiger partial charge in [0.1, 0.15) is 5.76 Å². The molecule has 0 saturated carbocycles. The lowest BCUT2D eigenvalue weighted by atomic mass is 10.3. The molecule has 0 bridgehead atoms. The molecular weight excluding hydrogens is 317 g/mol. The van der Waals surface area contributed by atoms with E-state index in [4.69, 9.17) is 4.42 Å². The van der Waals surface area contributed by atoms with E-state index in [-0.39, 0.29) is 17.9 Å². The summed E-state index contributed by atoms with van der Waals surface area (Å²) in [6.07, 6.45) is -2.48. The van der Waals surface area contributed by atoms with Crippen molar-refractivity contribution in [2.45, 2.75) is 26.2 Å². The quantitative estimate of drug-likeness (QED) is 0.877. The fourth-order valence-corrected chi connectivity index (χ4v) is 1.70. The maximum Gasteiger partial charge on any atom is 0.471 e. The van der Waals surface area contributed by atoms with Crippen LogP contribution in [0.4, 0.5) is 18.9 Å². The third kappa shape index (κ3) is 4.11. The lowest BCUT2D eigenvalue weighted by Crippen LogP contribution is -2.31. The van der Waals surface area contributed by atoms with Crippen LogP contribution in [0.15, 0.2) is 29.0 Å². The van der Waals surface area contributed by atoms with E-state index in [9.17, 15) is 22.8 Å².